The average molecular weight is 308 g/mol. The third-order valence-electron chi connectivity index (χ3n) is 4.05. The normalized spacial score (nSPS) is 15.9. The van der Waals surface area contributed by atoms with Gasteiger partial charge in [0, 0.05) is 30.9 Å². The number of H-pyrrole nitrogens is 1. The van der Waals surface area contributed by atoms with Gasteiger partial charge in [0.1, 0.15) is 0 Å². The highest BCUT2D eigenvalue weighted by Crippen LogP contribution is 2.06. The molecule has 22 heavy (non-hydrogen) atoms. The van der Waals surface area contributed by atoms with Gasteiger partial charge in [0.25, 0.3) is 5.56 Å². The predicted octanol–water partition coefficient (Wildman–Crippen LogP) is 1.56. The number of nitrogens with zero attached hydrogens (tertiary/aromatic N) is 2. The summed E-state index contributed by atoms with van der Waals surface area (Å²) in [5.74, 6) is 0.588. The van der Waals surface area contributed by atoms with Gasteiger partial charge in [0.05, 0.1) is 13.2 Å². The Bertz CT molecular complexity index is 509. The molecule has 2 N–H and O–H groups in total. The van der Waals surface area contributed by atoms with Gasteiger partial charge in [-0.2, -0.15) is 0 Å². The second-order valence-corrected chi connectivity index (χ2v) is 5.82. The summed E-state index contributed by atoms with van der Waals surface area (Å²) < 4.78 is 5.33. The van der Waals surface area contributed by atoms with E-state index in [1.807, 2.05) is 6.92 Å². The predicted molar refractivity (Wildman–Crippen MR) is 88.6 cm³/mol. The molecular weight excluding hydrogens is 280 g/mol. The summed E-state index contributed by atoms with van der Waals surface area (Å²) in [4.78, 5) is 21.8. The van der Waals surface area contributed by atoms with Crippen molar-refractivity contribution < 1.29 is 4.74 Å². The van der Waals surface area contributed by atoms with Gasteiger partial charge in [-0.05, 0) is 32.7 Å². The summed E-state index contributed by atoms with van der Waals surface area (Å²) in [6.07, 6.45) is 3.95. The highest BCUT2D eigenvalue weighted by Gasteiger charge is 2.10. The maximum atomic E-state index is 12.1. The van der Waals surface area contributed by atoms with E-state index in [-0.39, 0.29) is 5.56 Å². The zero-order valence-corrected chi connectivity index (χ0v) is 13.8. The molecule has 0 radical (unpaired) electrons. The molecule has 0 saturated carbocycles. The first-order valence-electron chi connectivity index (χ1n) is 8.34. The fourth-order valence-electron chi connectivity index (χ4n) is 2.68. The summed E-state index contributed by atoms with van der Waals surface area (Å²) in [6.45, 7) is 9.60. The van der Waals surface area contributed by atoms with Crippen molar-refractivity contribution in [2.45, 2.75) is 39.5 Å². The van der Waals surface area contributed by atoms with Gasteiger partial charge >= 0.3 is 0 Å². The number of unbranched alkanes of at least 4 members (excludes halogenated alkanes) is 1. The molecule has 124 valence electrons. The van der Waals surface area contributed by atoms with E-state index in [9.17, 15) is 4.79 Å². The van der Waals surface area contributed by atoms with Gasteiger partial charge in [-0.15, -0.1) is 0 Å². The van der Waals surface area contributed by atoms with Crippen molar-refractivity contribution in [3.05, 3.63) is 21.6 Å². The lowest BCUT2D eigenvalue weighted by atomic mass is 10.1. The smallest absolute Gasteiger partial charge is 0.255 e. The molecular formula is C16H28N4O2. The molecule has 0 unspecified atom stereocenters. The van der Waals surface area contributed by atoms with Gasteiger partial charge in [-0.1, -0.05) is 13.3 Å². The number of aromatic amines is 1. The molecule has 1 saturated heterocycles. The van der Waals surface area contributed by atoms with Crippen LogP contribution in [0.3, 0.4) is 0 Å². The number of rotatable bonds is 8. The van der Waals surface area contributed by atoms with Crippen molar-refractivity contribution >= 4 is 5.95 Å². The molecule has 6 nitrogen and oxygen atoms in total. The molecule has 0 bridgehead atoms. The van der Waals surface area contributed by atoms with Crippen LogP contribution in [0.2, 0.25) is 0 Å². The summed E-state index contributed by atoms with van der Waals surface area (Å²) in [5.41, 5.74) is 1.66. The molecule has 6 heteroatoms. The maximum absolute atomic E-state index is 12.1. The minimum Gasteiger partial charge on any atom is -0.379 e. The SMILES string of the molecule is CCCCc1c(C)nc(NCCCN2CCOCC2)[nH]c1=O. The monoisotopic (exact) mass is 308 g/mol. The van der Waals surface area contributed by atoms with E-state index < -0.39 is 0 Å². The molecule has 0 spiro atoms. The Morgan fingerprint density at radius 1 is 1.32 bits per heavy atom. The molecule has 0 atom stereocenters. The molecule has 1 aliphatic rings. The number of nitrogens with one attached hydrogen (secondary N) is 2. The fourth-order valence-corrected chi connectivity index (χ4v) is 2.68. The minimum atomic E-state index is -0.00312. The number of aromatic nitrogens is 2. The van der Waals surface area contributed by atoms with E-state index in [0.717, 1.165) is 76.3 Å². The molecule has 1 fully saturated rings. The molecule has 2 rings (SSSR count). The maximum Gasteiger partial charge on any atom is 0.255 e. The van der Waals surface area contributed by atoms with Gasteiger partial charge in [0.15, 0.2) is 0 Å². The van der Waals surface area contributed by atoms with Gasteiger partial charge in [0.2, 0.25) is 5.95 Å². The van der Waals surface area contributed by atoms with Gasteiger partial charge < -0.3 is 10.1 Å². The average Bonchev–Trinajstić information content (AvgIpc) is 2.52. The van der Waals surface area contributed by atoms with Crippen molar-refractivity contribution in [1.29, 1.82) is 0 Å². The van der Waals surface area contributed by atoms with Crippen molar-refractivity contribution in [3.8, 4) is 0 Å². The van der Waals surface area contributed by atoms with Crippen LogP contribution in [0.25, 0.3) is 0 Å². The Morgan fingerprint density at radius 2 is 2.09 bits per heavy atom. The van der Waals surface area contributed by atoms with E-state index in [4.69, 9.17) is 4.74 Å². The molecule has 0 amide bonds. The molecule has 1 aliphatic heterocycles. The molecule has 0 aliphatic carbocycles. The second-order valence-electron chi connectivity index (χ2n) is 5.82. The quantitative estimate of drug-likeness (QED) is 0.713. The number of anilines is 1. The van der Waals surface area contributed by atoms with E-state index in [1.54, 1.807) is 0 Å². The van der Waals surface area contributed by atoms with E-state index in [2.05, 4.69) is 27.1 Å². The first-order chi connectivity index (χ1) is 10.7. The van der Waals surface area contributed by atoms with Crippen molar-refractivity contribution in [2.24, 2.45) is 0 Å². The Kier molecular flexibility index (Phi) is 6.86. The fraction of sp³-hybridized carbons (Fsp3) is 0.750. The second kappa shape index (κ2) is 8.90. The van der Waals surface area contributed by atoms with E-state index in [1.165, 1.54) is 0 Å². The number of aryl methyl sites for hydroxylation is 1. The number of hydrogen-bond acceptors (Lipinski definition) is 5. The lowest BCUT2D eigenvalue weighted by Crippen LogP contribution is -2.37. The van der Waals surface area contributed by atoms with Crippen molar-refractivity contribution in [3.63, 3.8) is 0 Å². The Balaban J connectivity index is 1.79. The highest BCUT2D eigenvalue weighted by molar-refractivity contribution is 5.29. The van der Waals surface area contributed by atoms with Crippen LogP contribution >= 0.6 is 0 Å². The lowest BCUT2D eigenvalue weighted by Gasteiger charge is -2.26. The molecule has 0 aromatic carbocycles. The van der Waals surface area contributed by atoms with Crippen LogP contribution in [0.15, 0.2) is 4.79 Å². The Labute approximate surface area is 132 Å². The van der Waals surface area contributed by atoms with Crippen LogP contribution in [-0.2, 0) is 11.2 Å². The van der Waals surface area contributed by atoms with Crippen LogP contribution in [0.5, 0.6) is 0 Å². The van der Waals surface area contributed by atoms with Gasteiger partial charge in [-0.3, -0.25) is 14.7 Å². The van der Waals surface area contributed by atoms with Crippen molar-refractivity contribution in [2.75, 3.05) is 44.7 Å². The number of hydrogen-bond donors (Lipinski definition) is 2. The summed E-state index contributed by atoms with van der Waals surface area (Å²) in [6, 6.07) is 0. The zero-order valence-electron chi connectivity index (χ0n) is 13.8. The van der Waals surface area contributed by atoms with Crippen LogP contribution in [0, 0.1) is 6.92 Å². The van der Waals surface area contributed by atoms with Crippen molar-refractivity contribution in [1.82, 2.24) is 14.9 Å². The van der Waals surface area contributed by atoms with Crippen LogP contribution in [0.4, 0.5) is 5.95 Å². The zero-order chi connectivity index (χ0) is 15.8. The third-order valence-corrected chi connectivity index (χ3v) is 4.05. The summed E-state index contributed by atoms with van der Waals surface area (Å²) in [5, 5.41) is 3.22. The van der Waals surface area contributed by atoms with Gasteiger partial charge in [-0.25, -0.2) is 4.98 Å². The summed E-state index contributed by atoms with van der Waals surface area (Å²) >= 11 is 0. The Hall–Kier alpha value is -1.40. The topological polar surface area (TPSA) is 70.2 Å². The standard InChI is InChI=1S/C16H28N4O2/c1-3-4-6-14-13(2)18-16(19-15(14)21)17-7-5-8-20-9-11-22-12-10-20/h3-12H2,1-2H3,(H2,17,18,19,21). The Morgan fingerprint density at radius 3 is 2.77 bits per heavy atom. The molecule has 1 aromatic rings. The first-order valence-corrected chi connectivity index (χ1v) is 8.34. The lowest BCUT2D eigenvalue weighted by molar-refractivity contribution is 0.0378. The number of ether oxygens (including phenoxy) is 1. The first kappa shape index (κ1) is 17.0. The van der Waals surface area contributed by atoms with E-state index >= 15 is 0 Å². The molecule has 2 heterocycles. The largest absolute Gasteiger partial charge is 0.379 e. The third kappa shape index (κ3) is 5.10. The summed E-state index contributed by atoms with van der Waals surface area (Å²) in [7, 11) is 0. The van der Waals surface area contributed by atoms with Crippen LogP contribution < -0.4 is 10.9 Å². The van der Waals surface area contributed by atoms with Crippen LogP contribution in [0.1, 0.15) is 37.4 Å². The number of morpholine rings is 1. The van der Waals surface area contributed by atoms with E-state index in [0.29, 0.717) is 5.95 Å². The molecule has 1 aromatic heterocycles. The highest BCUT2D eigenvalue weighted by atomic mass is 16.5. The minimum absolute atomic E-state index is 0.00312. The van der Waals surface area contributed by atoms with Crippen LogP contribution in [-0.4, -0.2) is 54.3 Å².